The van der Waals surface area contributed by atoms with Gasteiger partial charge in [0.05, 0.1) is 17.1 Å². The highest BCUT2D eigenvalue weighted by Crippen LogP contribution is 2.42. The van der Waals surface area contributed by atoms with E-state index in [1.165, 1.54) is 16.9 Å². The average Bonchev–Trinajstić information content (AvgIpc) is 3.69. The molecule has 0 saturated carbocycles. The first kappa shape index (κ1) is 30.0. The molecule has 0 radical (unpaired) electrons. The number of rotatable bonds is 7. The van der Waals surface area contributed by atoms with E-state index in [4.69, 9.17) is 14.2 Å². The largest absolute Gasteiger partial charge is 0.467 e. The molecule has 3 fully saturated rings. The van der Waals surface area contributed by atoms with Crippen molar-refractivity contribution in [3.8, 4) is 23.1 Å². The molecule has 3 aliphatic rings. The molecule has 0 N–H and O–H groups in total. The summed E-state index contributed by atoms with van der Waals surface area (Å²) in [5, 5.41) is 4.44. The summed E-state index contributed by atoms with van der Waals surface area (Å²) < 4.78 is 104. The van der Waals surface area contributed by atoms with E-state index in [0.717, 1.165) is 25.5 Å². The number of pyridine rings is 1. The fourth-order valence-corrected chi connectivity index (χ4v) is 6.93. The van der Waals surface area contributed by atoms with E-state index >= 15 is 8.78 Å². The molecule has 9 nitrogen and oxygen atoms in total. The van der Waals surface area contributed by atoms with Crippen LogP contribution in [-0.4, -0.2) is 80.4 Å². The number of fused-ring (bicyclic) bond motifs is 3. The zero-order valence-electron chi connectivity index (χ0n) is 24.3. The monoisotopic (exact) mass is 636 g/mol. The van der Waals surface area contributed by atoms with Gasteiger partial charge in [-0.1, -0.05) is 0 Å². The van der Waals surface area contributed by atoms with Crippen LogP contribution in [0.15, 0.2) is 18.5 Å². The minimum atomic E-state index is -4.70. The van der Waals surface area contributed by atoms with Crippen LogP contribution in [-0.2, 0) is 4.74 Å². The van der Waals surface area contributed by atoms with E-state index in [0.29, 0.717) is 31.6 Å². The second-order valence-electron chi connectivity index (χ2n) is 12.0. The molecule has 0 aliphatic carbocycles. The molecule has 0 amide bonds. The highest BCUT2D eigenvalue weighted by molar-refractivity contribution is 5.98. The highest BCUT2D eigenvalue weighted by atomic mass is 19.4. The number of aromatic nitrogens is 5. The Morgan fingerprint density at radius 1 is 1.09 bits per heavy atom. The van der Waals surface area contributed by atoms with E-state index in [1.807, 2.05) is 4.90 Å². The fourth-order valence-electron chi connectivity index (χ4n) is 6.93. The zero-order valence-corrected chi connectivity index (χ0v) is 24.3. The summed E-state index contributed by atoms with van der Waals surface area (Å²) in [7, 11) is 0. The molecule has 3 saturated heterocycles. The first-order chi connectivity index (χ1) is 21.5. The van der Waals surface area contributed by atoms with Crippen LogP contribution >= 0.6 is 0 Å². The second-order valence-corrected chi connectivity index (χ2v) is 12.0. The van der Waals surface area contributed by atoms with Gasteiger partial charge in [0.2, 0.25) is 5.88 Å². The summed E-state index contributed by atoms with van der Waals surface area (Å²) in [6.07, 6.45) is 0.452. The molecule has 3 aliphatic heterocycles. The van der Waals surface area contributed by atoms with Crippen molar-refractivity contribution in [3.05, 3.63) is 35.7 Å². The van der Waals surface area contributed by atoms with Crippen LogP contribution < -0.4 is 9.47 Å². The summed E-state index contributed by atoms with van der Waals surface area (Å²) in [6.45, 7) is 1.34. The minimum Gasteiger partial charge on any atom is -0.467 e. The van der Waals surface area contributed by atoms with E-state index in [9.17, 15) is 17.6 Å². The average molecular weight is 637 g/mol. The molecule has 1 aromatic carbocycles. The van der Waals surface area contributed by atoms with Gasteiger partial charge in [-0.15, -0.1) is 0 Å². The molecule has 6 heterocycles. The lowest BCUT2D eigenvalue weighted by Crippen LogP contribution is -2.43. The first-order valence-corrected chi connectivity index (χ1v) is 14.9. The molecule has 4 aromatic rings. The molecule has 45 heavy (non-hydrogen) atoms. The van der Waals surface area contributed by atoms with Crippen molar-refractivity contribution >= 4 is 21.8 Å². The van der Waals surface area contributed by atoms with Crippen LogP contribution in [0.1, 0.15) is 50.3 Å². The van der Waals surface area contributed by atoms with Gasteiger partial charge in [-0.2, -0.15) is 28.2 Å². The number of hydrogen-bond acceptors (Lipinski definition) is 8. The Labute approximate surface area is 253 Å². The fraction of sp³-hybridized carbons (Fsp3) is 0.533. The maximum absolute atomic E-state index is 16.5. The second kappa shape index (κ2) is 11.3. The van der Waals surface area contributed by atoms with Gasteiger partial charge < -0.3 is 14.2 Å². The van der Waals surface area contributed by atoms with E-state index in [-0.39, 0.29) is 47.1 Å². The van der Waals surface area contributed by atoms with E-state index in [2.05, 4.69) is 20.1 Å². The number of alkyl halides is 4. The minimum absolute atomic E-state index is 0.0304. The maximum atomic E-state index is 16.5. The van der Waals surface area contributed by atoms with Gasteiger partial charge in [0.25, 0.3) is 0 Å². The Bertz CT molecular complexity index is 1760. The van der Waals surface area contributed by atoms with Crippen LogP contribution in [0, 0.1) is 18.6 Å². The van der Waals surface area contributed by atoms with Crippen molar-refractivity contribution in [2.24, 2.45) is 0 Å². The Hall–Kier alpha value is -3.72. The van der Waals surface area contributed by atoms with Crippen molar-refractivity contribution < 1.29 is 40.6 Å². The topological polar surface area (TPSA) is 87.4 Å². The molecule has 15 heteroatoms. The lowest BCUT2D eigenvalue weighted by molar-refractivity contribution is -0.153. The number of benzene rings is 1. The number of hydrogen-bond donors (Lipinski definition) is 0. The summed E-state index contributed by atoms with van der Waals surface area (Å²) >= 11 is 0. The first-order valence-electron chi connectivity index (χ1n) is 14.9. The predicted octanol–water partition coefficient (Wildman–Crippen LogP) is 6.22. The van der Waals surface area contributed by atoms with Crippen molar-refractivity contribution in [2.45, 2.75) is 69.6 Å². The molecule has 240 valence electrons. The Morgan fingerprint density at radius 2 is 1.93 bits per heavy atom. The molecule has 3 aromatic heterocycles. The van der Waals surface area contributed by atoms with Gasteiger partial charge in [-0.05, 0) is 57.2 Å². The van der Waals surface area contributed by atoms with Crippen LogP contribution in [0.25, 0.3) is 33.1 Å². The third kappa shape index (κ3) is 5.43. The zero-order chi connectivity index (χ0) is 31.5. The van der Waals surface area contributed by atoms with Crippen LogP contribution in [0.4, 0.5) is 26.3 Å². The molecule has 7 rings (SSSR count). The summed E-state index contributed by atoms with van der Waals surface area (Å²) in [6, 6.07) is 0.838. The molecule has 0 spiro atoms. The Balaban J connectivity index is 1.32. The van der Waals surface area contributed by atoms with Crippen molar-refractivity contribution in [3.63, 3.8) is 0 Å². The SMILES string of the molecule is Cc1cc(F)c2c(cnn2C2CCCCO2)c1-c1ncc2c(OCC(F)(F)F)nc(OC[C@@]34CCCN3C[C@H](F)C4)nc2c1F. The van der Waals surface area contributed by atoms with Gasteiger partial charge in [0.15, 0.2) is 18.7 Å². The number of aryl methyl sites for hydroxylation is 1. The van der Waals surface area contributed by atoms with Gasteiger partial charge >= 0.3 is 12.2 Å². The standard InChI is InChI=1S/C30H30F6N6O3/c1-16-9-20(32)26-18(12-38-42(26)21-5-2-3-8-43-21)22(16)25-23(33)24-19(11-37-25)27(44-15-30(34,35)36)40-28(39-24)45-14-29-6-4-7-41(29)13-17(31)10-29/h9,11-12,17,21H,2-8,10,13-15H2,1H3/t17-,21?,29+/m1/s1. The predicted molar refractivity (Wildman–Crippen MR) is 150 cm³/mol. The normalized spacial score (nSPS) is 24.1. The maximum Gasteiger partial charge on any atom is 0.422 e. The van der Waals surface area contributed by atoms with Gasteiger partial charge in [0.1, 0.15) is 35.3 Å². The lowest BCUT2D eigenvalue weighted by Gasteiger charge is -2.30. The molecule has 0 bridgehead atoms. The third-order valence-corrected chi connectivity index (χ3v) is 8.93. The number of ether oxygens (including phenoxy) is 3. The number of halogens is 6. The highest BCUT2D eigenvalue weighted by Gasteiger charge is 2.49. The van der Waals surface area contributed by atoms with Gasteiger partial charge in [-0.25, -0.2) is 17.9 Å². The summed E-state index contributed by atoms with van der Waals surface area (Å²) in [4.78, 5) is 14.5. The smallest absolute Gasteiger partial charge is 0.422 e. The van der Waals surface area contributed by atoms with Crippen molar-refractivity contribution in [1.82, 2.24) is 29.6 Å². The number of nitrogens with zero attached hydrogens (tertiary/aromatic N) is 6. The van der Waals surface area contributed by atoms with Crippen LogP contribution in [0.5, 0.6) is 11.9 Å². The van der Waals surface area contributed by atoms with Crippen molar-refractivity contribution in [1.29, 1.82) is 0 Å². The Kier molecular flexibility index (Phi) is 7.50. The van der Waals surface area contributed by atoms with Crippen molar-refractivity contribution in [2.75, 3.05) is 32.9 Å². The van der Waals surface area contributed by atoms with Gasteiger partial charge in [-0.3, -0.25) is 9.88 Å². The summed E-state index contributed by atoms with van der Waals surface area (Å²) in [5.41, 5.74) is -0.489. The molecule has 3 atom stereocenters. The van der Waals surface area contributed by atoms with Crippen LogP contribution in [0.3, 0.4) is 0 Å². The van der Waals surface area contributed by atoms with Crippen LogP contribution in [0.2, 0.25) is 0 Å². The van der Waals surface area contributed by atoms with Gasteiger partial charge in [0, 0.05) is 36.7 Å². The quantitative estimate of drug-likeness (QED) is 0.221. The van der Waals surface area contributed by atoms with E-state index < -0.39 is 59.8 Å². The third-order valence-electron chi connectivity index (χ3n) is 8.93. The summed E-state index contributed by atoms with van der Waals surface area (Å²) in [5.74, 6) is -2.12. The molecular formula is C30H30F6N6O3. The molecule has 1 unspecified atom stereocenters. The van der Waals surface area contributed by atoms with E-state index in [1.54, 1.807) is 6.92 Å². The lowest BCUT2D eigenvalue weighted by atomic mass is 9.95. The Morgan fingerprint density at radius 3 is 2.71 bits per heavy atom. The molecular weight excluding hydrogens is 606 g/mol.